The van der Waals surface area contributed by atoms with Crippen LogP contribution in [0, 0.1) is 17.1 Å². The quantitative estimate of drug-likeness (QED) is 0.169. The predicted molar refractivity (Wildman–Crippen MR) is 154 cm³/mol. The number of ketones is 1. The molecule has 4 rings (SSSR count). The molecular formula is C31H29FN2O6S. The van der Waals surface area contributed by atoms with Crippen molar-refractivity contribution < 1.29 is 33.3 Å². The number of thiophene rings is 1. The third-order valence-electron chi connectivity index (χ3n) is 6.62. The van der Waals surface area contributed by atoms with Gasteiger partial charge in [-0.2, -0.15) is 5.26 Å². The fraction of sp³-hybridized carbons (Fsp3) is 0.258. The molecule has 8 nitrogen and oxygen atoms in total. The van der Waals surface area contributed by atoms with E-state index in [1.807, 2.05) is 53.4 Å². The lowest BCUT2D eigenvalue weighted by atomic mass is 9.97. The summed E-state index contributed by atoms with van der Waals surface area (Å²) in [6, 6.07) is 19.9. The van der Waals surface area contributed by atoms with Gasteiger partial charge in [0.15, 0.2) is 0 Å². The number of methoxy groups -OCH3 is 3. The number of aliphatic hydroxyl groups is 1. The number of fused-ring (bicyclic) bond motifs is 1. The third-order valence-corrected chi connectivity index (χ3v) is 7.88. The van der Waals surface area contributed by atoms with Crippen LogP contribution in [0.2, 0.25) is 0 Å². The summed E-state index contributed by atoms with van der Waals surface area (Å²) in [5.74, 6) is -0.375. The van der Waals surface area contributed by atoms with Crippen molar-refractivity contribution in [1.29, 1.82) is 5.26 Å². The molecular weight excluding hydrogens is 547 g/mol. The number of hydrogen-bond donors (Lipinski definition) is 1. The Balaban J connectivity index is 1.78. The maximum Gasteiger partial charge on any atom is 0.313 e. The number of Topliss-reactive ketones (excluding diaryl/α,β-unsaturated/α-hetero) is 1. The van der Waals surface area contributed by atoms with Gasteiger partial charge in [0, 0.05) is 24.9 Å². The van der Waals surface area contributed by atoms with Crippen molar-refractivity contribution in [3.63, 3.8) is 0 Å². The molecule has 4 aromatic rings. The molecule has 1 aromatic heterocycles. The van der Waals surface area contributed by atoms with E-state index in [1.165, 1.54) is 19.2 Å². The van der Waals surface area contributed by atoms with Crippen molar-refractivity contribution in [2.75, 3.05) is 26.2 Å². The highest BCUT2D eigenvalue weighted by molar-refractivity contribution is 7.23. The molecule has 41 heavy (non-hydrogen) atoms. The van der Waals surface area contributed by atoms with Gasteiger partial charge in [-0.1, -0.05) is 30.3 Å². The Labute approximate surface area is 241 Å². The van der Waals surface area contributed by atoms with E-state index >= 15 is 4.39 Å². The molecule has 0 fully saturated rings. The van der Waals surface area contributed by atoms with Gasteiger partial charge < -0.3 is 24.2 Å². The van der Waals surface area contributed by atoms with E-state index in [0.717, 1.165) is 22.5 Å². The standard InChI is InChI=1S/C31H29FN2O6S/c1-38-22-8-4-19(5-9-22)17-34(18-20-6-10-23(39-2)11-7-20)31-25(16-33)29-24(12-13-26(32)30(29)41-31)27(36)14-21(35)15-28(37)40-3/h4-13,27,36H,14-15,17-18H2,1-3H3. The zero-order valence-electron chi connectivity index (χ0n) is 22.8. The van der Waals surface area contributed by atoms with Crippen LogP contribution in [-0.2, 0) is 27.4 Å². The van der Waals surface area contributed by atoms with Gasteiger partial charge >= 0.3 is 5.97 Å². The number of nitrogens with zero attached hydrogens (tertiary/aromatic N) is 2. The number of benzene rings is 3. The summed E-state index contributed by atoms with van der Waals surface area (Å²) in [4.78, 5) is 25.8. The molecule has 0 bridgehead atoms. The van der Waals surface area contributed by atoms with E-state index in [-0.39, 0.29) is 27.6 Å². The molecule has 0 aliphatic rings. The minimum atomic E-state index is -1.35. The van der Waals surface area contributed by atoms with Gasteiger partial charge in [-0.3, -0.25) is 9.59 Å². The van der Waals surface area contributed by atoms with E-state index in [1.54, 1.807) is 14.2 Å². The fourth-order valence-electron chi connectivity index (χ4n) is 4.52. The molecule has 0 aliphatic carbocycles. The average molecular weight is 577 g/mol. The van der Waals surface area contributed by atoms with Gasteiger partial charge in [0.25, 0.3) is 0 Å². The topological polar surface area (TPSA) is 109 Å². The smallest absolute Gasteiger partial charge is 0.313 e. The number of hydrogen-bond acceptors (Lipinski definition) is 9. The Kier molecular flexibility index (Phi) is 9.55. The first-order valence-electron chi connectivity index (χ1n) is 12.7. The lowest BCUT2D eigenvalue weighted by Gasteiger charge is -2.24. The number of esters is 1. The Morgan fingerprint density at radius 1 is 0.951 bits per heavy atom. The van der Waals surface area contributed by atoms with Gasteiger partial charge in [0.1, 0.15) is 40.6 Å². The van der Waals surface area contributed by atoms with Gasteiger partial charge in [0.05, 0.1) is 37.7 Å². The molecule has 3 aromatic carbocycles. The van der Waals surface area contributed by atoms with Gasteiger partial charge in [0.2, 0.25) is 0 Å². The Hall–Kier alpha value is -4.46. The molecule has 10 heteroatoms. The monoisotopic (exact) mass is 576 g/mol. The van der Waals surface area contributed by atoms with Crippen LogP contribution in [0.1, 0.15) is 41.2 Å². The second-order valence-electron chi connectivity index (χ2n) is 9.30. The van der Waals surface area contributed by atoms with Gasteiger partial charge in [-0.15, -0.1) is 11.3 Å². The summed E-state index contributed by atoms with van der Waals surface area (Å²) in [6.07, 6.45) is -2.22. The first-order valence-corrected chi connectivity index (χ1v) is 13.5. The number of rotatable bonds is 12. The zero-order chi connectivity index (χ0) is 29.5. The second kappa shape index (κ2) is 13.3. The molecule has 0 amide bonds. The van der Waals surface area contributed by atoms with E-state index in [9.17, 15) is 20.0 Å². The van der Waals surface area contributed by atoms with Crippen LogP contribution in [0.3, 0.4) is 0 Å². The lowest BCUT2D eigenvalue weighted by molar-refractivity contribution is -0.143. The van der Waals surface area contributed by atoms with E-state index in [4.69, 9.17) is 9.47 Å². The normalized spacial score (nSPS) is 11.5. The molecule has 0 saturated heterocycles. The molecule has 212 valence electrons. The molecule has 0 saturated carbocycles. The van der Waals surface area contributed by atoms with Crippen LogP contribution in [-0.4, -0.2) is 38.2 Å². The highest BCUT2D eigenvalue weighted by Crippen LogP contribution is 2.44. The number of aliphatic hydroxyl groups excluding tert-OH is 1. The maximum atomic E-state index is 15.2. The summed E-state index contributed by atoms with van der Waals surface area (Å²) >= 11 is 1.11. The summed E-state index contributed by atoms with van der Waals surface area (Å²) in [7, 11) is 4.35. The van der Waals surface area contributed by atoms with Crippen molar-refractivity contribution in [1.82, 2.24) is 0 Å². The SMILES string of the molecule is COC(=O)CC(=O)CC(O)c1ccc(F)c2sc(N(Cc3ccc(OC)cc3)Cc3ccc(OC)cc3)c(C#N)c12. The summed E-state index contributed by atoms with van der Waals surface area (Å²) < 4.78 is 30.4. The van der Waals surface area contributed by atoms with Crippen LogP contribution in [0.5, 0.6) is 11.5 Å². The number of nitriles is 1. The number of halogens is 1. The molecule has 0 spiro atoms. The van der Waals surface area contributed by atoms with Crippen molar-refractivity contribution in [2.45, 2.75) is 32.0 Å². The van der Waals surface area contributed by atoms with Crippen LogP contribution < -0.4 is 14.4 Å². The maximum absolute atomic E-state index is 15.2. The van der Waals surface area contributed by atoms with Crippen LogP contribution in [0.15, 0.2) is 60.7 Å². The van der Waals surface area contributed by atoms with E-state index in [0.29, 0.717) is 29.6 Å². The largest absolute Gasteiger partial charge is 0.497 e. The number of carbonyl (C=O) groups is 2. The minimum absolute atomic E-state index is 0.195. The number of carbonyl (C=O) groups excluding carboxylic acids is 2. The third kappa shape index (κ3) is 6.82. The van der Waals surface area contributed by atoms with E-state index in [2.05, 4.69) is 10.8 Å². The zero-order valence-corrected chi connectivity index (χ0v) is 23.7. The van der Waals surface area contributed by atoms with Crippen LogP contribution in [0.25, 0.3) is 10.1 Å². The van der Waals surface area contributed by atoms with Crippen molar-refractivity contribution in [3.8, 4) is 17.6 Å². The molecule has 0 aliphatic heterocycles. The second-order valence-corrected chi connectivity index (χ2v) is 10.3. The molecule has 1 unspecified atom stereocenters. The molecule has 1 atom stereocenters. The lowest BCUT2D eigenvalue weighted by Crippen LogP contribution is -2.22. The van der Waals surface area contributed by atoms with Crippen molar-refractivity contribution >= 4 is 38.2 Å². The summed E-state index contributed by atoms with van der Waals surface area (Å²) in [5.41, 5.74) is 2.32. The van der Waals surface area contributed by atoms with Gasteiger partial charge in [-0.25, -0.2) is 4.39 Å². The molecule has 1 heterocycles. The Morgan fingerprint density at radius 2 is 1.51 bits per heavy atom. The minimum Gasteiger partial charge on any atom is -0.497 e. The Morgan fingerprint density at radius 3 is 2.00 bits per heavy atom. The molecule has 0 radical (unpaired) electrons. The highest BCUT2D eigenvalue weighted by Gasteiger charge is 2.26. The van der Waals surface area contributed by atoms with Crippen LogP contribution >= 0.6 is 11.3 Å². The number of ether oxygens (including phenoxy) is 3. The number of anilines is 1. The highest BCUT2D eigenvalue weighted by atomic mass is 32.1. The summed E-state index contributed by atoms with van der Waals surface area (Å²) in [6.45, 7) is 0.795. The van der Waals surface area contributed by atoms with Crippen molar-refractivity contribution in [3.05, 3.63) is 88.7 Å². The van der Waals surface area contributed by atoms with Gasteiger partial charge in [-0.05, 0) is 47.0 Å². The summed E-state index contributed by atoms with van der Waals surface area (Å²) in [5, 5.41) is 22.1. The fourth-order valence-corrected chi connectivity index (χ4v) is 5.71. The van der Waals surface area contributed by atoms with Crippen LogP contribution in [0.4, 0.5) is 9.39 Å². The first-order chi connectivity index (χ1) is 19.8. The van der Waals surface area contributed by atoms with E-state index < -0.39 is 30.1 Å². The molecule has 1 N–H and O–H groups in total. The Bertz CT molecular complexity index is 1530. The van der Waals surface area contributed by atoms with Crippen molar-refractivity contribution in [2.24, 2.45) is 0 Å². The first kappa shape index (κ1) is 29.5. The predicted octanol–water partition coefficient (Wildman–Crippen LogP) is 5.69. The average Bonchev–Trinajstić information content (AvgIpc) is 3.38.